The van der Waals surface area contributed by atoms with E-state index in [0.717, 1.165) is 19.4 Å². The highest BCUT2D eigenvalue weighted by molar-refractivity contribution is 5.31. The molecule has 2 unspecified atom stereocenters. The van der Waals surface area contributed by atoms with Crippen LogP contribution in [0.15, 0.2) is 12.1 Å². The third-order valence-corrected chi connectivity index (χ3v) is 3.90. The predicted molar refractivity (Wildman–Crippen MR) is 69.7 cm³/mol. The summed E-state index contributed by atoms with van der Waals surface area (Å²) in [6.07, 6.45) is 1.94. The minimum absolute atomic E-state index is 0.0381. The first-order chi connectivity index (χ1) is 8.50. The Morgan fingerprint density at radius 3 is 2.56 bits per heavy atom. The molecule has 1 fully saturated rings. The van der Waals surface area contributed by atoms with Gasteiger partial charge in [0.15, 0.2) is 0 Å². The van der Waals surface area contributed by atoms with Crippen molar-refractivity contribution in [3.05, 3.63) is 34.9 Å². The smallest absolute Gasteiger partial charge is 0.132 e. The second kappa shape index (κ2) is 5.35. The normalized spacial score (nSPS) is 23.2. The topological polar surface area (TPSA) is 12.0 Å². The van der Waals surface area contributed by atoms with Crippen LogP contribution in [0.4, 0.5) is 8.78 Å². The molecular weight excluding hydrogens is 232 g/mol. The summed E-state index contributed by atoms with van der Waals surface area (Å²) in [5, 5.41) is 3.36. The van der Waals surface area contributed by atoms with Gasteiger partial charge in [0.05, 0.1) is 0 Å². The van der Waals surface area contributed by atoms with Crippen molar-refractivity contribution >= 4 is 0 Å². The van der Waals surface area contributed by atoms with Crippen molar-refractivity contribution in [3.63, 3.8) is 0 Å². The first kappa shape index (κ1) is 13.5. The molecule has 3 heteroatoms. The first-order valence-corrected chi connectivity index (χ1v) is 6.68. The van der Waals surface area contributed by atoms with Gasteiger partial charge in [0, 0.05) is 11.6 Å². The van der Waals surface area contributed by atoms with E-state index in [1.807, 2.05) is 0 Å². The molecule has 0 aliphatic heterocycles. The van der Waals surface area contributed by atoms with Gasteiger partial charge >= 0.3 is 0 Å². The van der Waals surface area contributed by atoms with Crippen molar-refractivity contribution in [2.45, 2.75) is 45.6 Å². The van der Waals surface area contributed by atoms with Gasteiger partial charge in [-0.3, -0.25) is 0 Å². The molecule has 0 heterocycles. The van der Waals surface area contributed by atoms with Crippen LogP contribution >= 0.6 is 0 Å². The molecule has 0 bridgehead atoms. The number of nitrogens with one attached hydrogen (secondary N) is 1. The van der Waals surface area contributed by atoms with Crippen LogP contribution in [0.3, 0.4) is 0 Å². The van der Waals surface area contributed by atoms with E-state index in [0.29, 0.717) is 23.1 Å². The van der Waals surface area contributed by atoms with Gasteiger partial charge in [0.25, 0.3) is 0 Å². The Morgan fingerprint density at radius 1 is 1.28 bits per heavy atom. The molecule has 1 aromatic carbocycles. The van der Waals surface area contributed by atoms with Crippen molar-refractivity contribution in [3.8, 4) is 0 Å². The summed E-state index contributed by atoms with van der Waals surface area (Å²) in [5.41, 5.74) is 0.839. The average molecular weight is 253 g/mol. The van der Waals surface area contributed by atoms with E-state index in [2.05, 4.69) is 19.2 Å². The summed E-state index contributed by atoms with van der Waals surface area (Å²) in [4.78, 5) is 0. The molecule has 2 rings (SSSR count). The molecule has 1 saturated carbocycles. The fraction of sp³-hybridized carbons (Fsp3) is 0.600. The van der Waals surface area contributed by atoms with Crippen LogP contribution in [-0.4, -0.2) is 12.6 Å². The van der Waals surface area contributed by atoms with Crippen LogP contribution < -0.4 is 5.32 Å². The van der Waals surface area contributed by atoms with Crippen molar-refractivity contribution in [1.82, 2.24) is 5.32 Å². The SMILES string of the molecule is Cc1ccc(F)c(C2CCC2CNC(C)C)c1F. The van der Waals surface area contributed by atoms with E-state index in [9.17, 15) is 8.78 Å². The van der Waals surface area contributed by atoms with Gasteiger partial charge < -0.3 is 5.32 Å². The summed E-state index contributed by atoms with van der Waals surface area (Å²) in [6, 6.07) is 3.31. The lowest BCUT2D eigenvalue weighted by molar-refractivity contribution is 0.230. The van der Waals surface area contributed by atoms with E-state index in [1.54, 1.807) is 6.92 Å². The zero-order valence-corrected chi connectivity index (χ0v) is 11.3. The maximum Gasteiger partial charge on any atom is 0.132 e. The largest absolute Gasteiger partial charge is 0.314 e. The van der Waals surface area contributed by atoms with Crippen molar-refractivity contribution < 1.29 is 8.78 Å². The summed E-state index contributed by atoms with van der Waals surface area (Å²) >= 11 is 0. The number of benzene rings is 1. The van der Waals surface area contributed by atoms with Crippen LogP contribution in [0.2, 0.25) is 0 Å². The lowest BCUT2D eigenvalue weighted by atomic mass is 9.69. The molecule has 18 heavy (non-hydrogen) atoms. The summed E-state index contributed by atoms with van der Waals surface area (Å²) in [6.45, 7) is 6.70. The van der Waals surface area contributed by atoms with Crippen molar-refractivity contribution in [2.75, 3.05) is 6.54 Å². The summed E-state index contributed by atoms with van der Waals surface area (Å²) < 4.78 is 27.9. The highest BCUT2D eigenvalue weighted by Gasteiger charge is 2.35. The molecule has 2 atom stereocenters. The molecule has 0 spiro atoms. The lowest BCUT2D eigenvalue weighted by Crippen LogP contribution is -2.37. The molecule has 0 radical (unpaired) electrons. The zero-order valence-electron chi connectivity index (χ0n) is 11.3. The number of hydrogen-bond donors (Lipinski definition) is 1. The number of hydrogen-bond acceptors (Lipinski definition) is 1. The van der Waals surface area contributed by atoms with Gasteiger partial charge in [-0.15, -0.1) is 0 Å². The predicted octanol–water partition coefficient (Wildman–Crippen LogP) is 3.76. The monoisotopic (exact) mass is 253 g/mol. The Hall–Kier alpha value is -0.960. The Kier molecular flexibility index (Phi) is 4.00. The highest BCUT2D eigenvalue weighted by Crippen LogP contribution is 2.44. The highest BCUT2D eigenvalue weighted by atomic mass is 19.1. The van der Waals surface area contributed by atoms with Crippen LogP contribution in [0.1, 0.15) is 43.7 Å². The molecule has 0 aromatic heterocycles. The van der Waals surface area contributed by atoms with Crippen LogP contribution in [0, 0.1) is 24.5 Å². The molecule has 0 amide bonds. The molecule has 100 valence electrons. The van der Waals surface area contributed by atoms with Gasteiger partial charge in [0.1, 0.15) is 11.6 Å². The lowest BCUT2D eigenvalue weighted by Gasteiger charge is -2.38. The number of aryl methyl sites for hydroxylation is 1. The van der Waals surface area contributed by atoms with Gasteiger partial charge in [0.2, 0.25) is 0 Å². The van der Waals surface area contributed by atoms with Gasteiger partial charge in [-0.2, -0.15) is 0 Å². The fourth-order valence-corrected chi connectivity index (χ4v) is 2.60. The van der Waals surface area contributed by atoms with E-state index < -0.39 is 5.82 Å². The second-order valence-corrected chi connectivity index (χ2v) is 5.60. The zero-order chi connectivity index (χ0) is 13.3. The third-order valence-electron chi connectivity index (χ3n) is 3.90. The number of halogens is 2. The Bertz CT molecular complexity index is 429. The van der Waals surface area contributed by atoms with E-state index in [1.165, 1.54) is 12.1 Å². The first-order valence-electron chi connectivity index (χ1n) is 6.68. The van der Waals surface area contributed by atoms with Crippen LogP contribution in [-0.2, 0) is 0 Å². The molecule has 1 aromatic rings. The average Bonchev–Trinajstić information content (AvgIpc) is 2.27. The third kappa shape index (κ3) is 2.56. The Labute approximate surface area is 108 Å². The fourth-order valence-electron chi connectivity index (χ4n) is 2.60. The van der Waals surface area contributed by atoms with Crippen LogP contribution in [0.25, 0.3) is 0 Å². The van der Waals surface area contributed by atoms with Gasteiger partial charge in [-0.05, 0) is 49.8 Å². The maximum atomic E-state index is 14.0. The summed E-state index contributed by atoms with van der Waals surface area (Å²) in [7, 11) is 0. The van der Waals surface area contributed by atoms with Crippen molar-refractivity contribution in [1.29, 1.82) is 0 Å². The number of rotatable bonds is 4. The minimum Gasteiger partial charge on any atom is -0.314 e. The Morgan fingerprint density at radius 2 is 2.00 bits per heavy atom. The van der Waals surface area contributed by atoms with Gasteiger partial charge in [-0.25, -0.2) is 8.78 Å². The van der Waals surface area contributed by atoms with E-state index in [-0.39, 0.29) is 11.7 Å². The standard InChI is InChI=1S/C15H21F2N/c1-9(2)18-8-11-5-6-12(11)14-13(16)7-4-10(3)15(14)17/h4,7,9,11-12,18H,5-6,8H2,1-3H3. The maximum absolute atomic E-state index is 14.0. The molecular formula is C15H21F2N. The second-order valence-electron chi connectivity index (χ2n) is 5.60. The minimum atomic E-state index is -0.391. The quantitative estimate of drug-likeness (QED) is 0.861. The summed E-state index contributed by atoms with van der Waals surface area (Å²) in [5.74, 6) is -0.346. The molecule has 1 N–H and O–H groups in total. The van der Waals surface area contributed by atoms with Crippen LogP contribution in [0.5, 0.6) is 0 Å². The molecule has 0 saturated heterocycles. The van der Waals surface area contributed by atoms with E-state index >= 15 is 0 Å². The molecule has 1 nitrogen and oxygen atoms in total. The molecule has 1 aliphatic carbocycles. The molecule has 1 aliphatic rings. The van der Waals surface area contributed by atoms with Crippen molar-refractivity contribution in [2.24, 2.45) is 5.92 Å². The van der Waals surface area contributed by atoms with Gasteiger partial charge in [-0.1, -0.05) is 19.9 Å². The van der Waals surface area contributed by atoms with E-state index in [4.69, 9.17) is 0 Å². The Balaban J connectivity index is 2.15.